The monoisotopic (exact) mass is 739 g/mol. The van der Waals surface area contributed by atoms with Gasteiger partial charge in [-0.25, -0.2) is 18.1 Å². The Morgan fingerprint density at radius 2 is 1.75 bits per heavy atom. The average molecular weight is 740 g/mol. The SMILES string of the molecule is COCCN(C)c1ccc(CC2c3cccc(c3)S(=O)(=O)Nc3nc(c(C)c(-c4c(C)cccc4CC4CCCCC4)n3)OC[C@H]2CC(C)(C)C)nc1. The Morgan fingerprint density at radius 3 is 2.47 bits per heavy atom. The molecule has 0 amide bonds. The zero-order chi connectivity index (χ0) is 37.8. The Hall–Kier alpha value is -4.02. The highest BCUT2D eigenvalue weighted by molar-refractivity contribution is 7.92. The van der Waals surface area contributed by atoms with Crippen molar-refractivity contribution in [3.63, 3.8) is 0 Å². The van der Waals surface area contributed by atoms with Crippen molar-refractivity contribution in [3.05, 3.63) is 88.7 Å². The van der Waals surface area contributed by atoms with Crippen molar-refractivity contribution >= 4 is 21.7 Å². The van der Waals surface area contributed by atoms with Gasteiger partial charge in [0.05, 0.1) is 35.7 Å². The van der Waals surface area contributed by atoms with Crippen LogP contribution in [0, 0.1) is 31.1 Å². The van der Waals surface area contributed by atoms with Crippen molar-refractivity contribution < 1.29 is 17.9 Å². The van der Waals surface area contributed by atoms with E-state index in [-0.39, 0.29) is 28.1 Å². The molecule has 4 bridgehead atoms. The second kappa shape index (κ2) is 16.6. The van der Waals surface area contributed by atoms with Crippen LogP contribution in [-0.4, -0.2) is 57.3 Å². The Kier molecular flexibility index (Phi) is 12.1. The van der Waals surface area contributed by atoms with Crippen LogP contribution in [0.15, 0.2) is 65.7 Å². The molecular formula is C43H57N5O4S. The van der Waals surface area contributed by atoms with Gasteiger partial charge in [0.1, 0.15) is 0 Å². The zero-order valence-electron chi connectivity index (χ0n) is 32.6. The van der Waals surface area contributed by atoms with Crippen LogP contribution in [0.5, 0.6) is 5.88 Å². The fourth-order valence-electron chi connectivity index (χ4n) is 8.15. The van der Waals surface area contributed by atoms with Crippen molar-refractivity contribution in [3.8, 4) is 17.1 Å². The molecule has 2 aliphatic rings. The van der Waals surface area contributed by atoms with E-state index < -0.39 is 10.0 Å². The van der Waals surface area contributed by atoms with E-state index in [2.05, 4.69) is 67.6 Å². The van der Waals surface area contributed by atoms with Crippen LogP contribution in [0.25, 0.3) is 11.3 Å². The number of hydrogen-bond donors (Lipinski definition) is 1. The highest BCUT2D eigenvalue weighted by Gasteiger charge is 2.32. The summed E-state index contributed by atoms with van der Waals surface area (Å²) in [4.78, 5) is 16.9. The molecule has 2 aromatic heterocycles. The van der Waals surface area contributed by atoms with E-state index in [0.717, 1.165) is 53.0 Å². The molecule has 6 rings (SSSR count). The lowest BCUT2D eigenvalue weighted by Gasteiger charge is -2.33. The zero-order valence-corrected chi connectivity index (χ0v) is 33.4. The van der Waals surface area contributed by atoms with Gasteiger partial charge in [0.2, 0.25) is 11.8 Å². The molecule has 1 N–H and O–H groups in total. The summed E-state index contributed by atoms with van der Waals surface area (Å²) >= 11 is 0. The van der Waals surface area contributed by atoms with Gasteiger partial charge in [0.25, 0.3) is 10.0 Å². The number of methoxy groups -OCH3 is 1. The molecule has 1 aliphatic carbocycles. The lowest BCUT2D eigenvalue weighted by Crippen LogP contribution is -2.28. The molecule has 0 saturated heterocycles. The molecule has 2 aromatic carbocycles. The largest absolute Gasteiger partial charge is 0.477 e. The molecule has 284 valence electrons. The predicted octanol–water partition coefficient (Wildman–Crippen LogP) is 8.93. The topological polar surface area (TPSA) is 107 Å². The second-order valence-electron chi connectivity index (χ2n) is 16.4. The van der Waals surface area contributed by atoms with Crippen LogP contribution < -0.4 is 14.4 Å². The quantitative estimate of drug-likeness (QED) is 0.172. The maximum atomic E-state index is 14.1. The number of ether oxygens (including phenoxy) is 2. The van der Waals surface area contributed by atoms with Crippen LogP contribution in [0.1, 0.15) is 93.2 Å². The summed E-state index contributed by atoms with van der Waals surface area (Å²) in [6, 6.07) is 17.9. The van der Waals surface area contributed by atoms with Gasteiger partial charge in [-0.05, 0) is 91.3 Å². The summed E-state index contributed by atoms with van der Waals surface area (Å²) < 4.78 is 43.0. The van der Waals surface area contributed by atoms with Gasteiger partial charge >= 0.3 is 0 Å². The third-order valence-corrected chi connectivity index (χ3v) is 12.3. The Bertz CT molecular complexity index is 1970. The fraction of sp³-hybridized carbons (Fsp3) is 0.512. The number of fused-ring (bicyclic) bond motifs is 4. The molecule has 0 radical (unpaired) electrons. The first-order valence-electron chi connectivity index (χ1n) is 19.2. The summed E-state index contributed by atoms with van der Waals surface area (Å²) in [5.74, 6) is 0.994. The van der Waals surface area contributed by atoms with Gasteiger partial charge in [-0.1, -0.05) is 83.2 Å². The summed E-state index contributed by atoms with van der Waals surface area (Å²) in [5, 5.41) is 0. The van der Waals surface area contributed by atoms with E-state index in [1.807, 2.05) is 32.3 Å². The highest BCUT2D eigenvalue weighted by atomic mass is 32.2. The lowest BCUT2D eigenvalue weighted by molar-refractivity contribution is 0.165. The molecule has 2 atom stereocenters. The molecule has 9 nitrogen and oxygen atoms in total. The standard InChI is InChI=1S/C43H57N5O4S/c1-29-13-11-17-33(23-31-14-9-8-10-15-31)39(29)40-30(2)41-46-42(45-40)47-53(49,50)37-18-12-16-32(24-37)38(34(28-52-41)26-43(3,4)5)25-35-19-20-36(27-44-35)48(6)21-22-51-7/h11-13,16-20,24,27,31,34,38H,8-10,14-15,21-23,25-26,28H2,1-7H3,(H,45,46,47)/t34-,38?/m1/s1. The number of aryl methyl sites for hydroxylation is 1. The van der Waals surface area contributed by atoms with E-state index >= 15 is 0 Å². The van der Waals surface area contributed by atoms with Gasteiger partial charge in [-0.2, -0.15) is 4.98 Å². The van der Waals surface area contributed by atoms with Crippen molar-refractivity contribution in [2.24, 2.45) is 17.3 Å². The van der Waals surface area contributed by atoms with Gasteiger partial charge < -0.3 is 14.4 Å². The molecule has 1 aliphatic heterocycles. The van der Waals surface area contributed by atoms with Crippen LogP contribution in [0.4, 0.5) is 11.6 Å². The minimum Gasteiger partial charge on any atom is -0.477 e. The number of nitrogens with one attached hydrogen (secondary N) is 1. The molecule has 0 spiro atoms. The third kappa shape index (κ3) is 9.57. The molecule has 1 saturated carbocycles. The maximum Gasteiger partial charge on any atom is 0.264 e. The van der Waals surface area contributed by atoms with Crippen LogP contribution in [0.2, 0.25) is 0 Å². The van der Waals surface area contributed by atoms with Gasteiger partial charge in [-0.3, -0.25) is 4.98 Å². The number of benzene rings is 2. The Morgan fingerprint density at radius 1 is 0.981 bits per heavy atom. The molecule has 53 heavy (non-hydrogen) atoms. The average Bonchev–Trinajstić information content (AvgIpc) is 3.12. The Labute approximate surface area is 317 Å². The summed E-state index contributed by atoms with van der Waals surface area (Å²) in [7, 11) is -0.302. The summed E-state index contributed by atoms with van der Waals surface area (Å²) in [5.41, 5.74) is 7.76. The van der Waals surface area contributed by atoms with Crippen molar-refractivity contribution in [2.45, 2.75) is 96.8 Å². The van der Waals surface area contributed by atoms with Crippen LogP contribution in [0.3, 0.4) is 0 Å². The Balaban J connectivity index is 1.43. The molecule has 10 heteroatoms. The molecular weight excluding hydrogens is 683 g/mol. The smallest absolute Gasteiger partial charge is 0.264 e. The first-order valence-corrected chi connectivity index (χ1v) is 20.7. The van der Waals surface area contributed by atoms with E-state index in [0.29, 0.717) is 37.1 Å². The number of rotatable bonds is 10. The van der Waals surface area contributed by atoms with Gasteiger partial charge in [0, 0.05) is 43.4 Å². The number of nitrogens with zero attached hydrogens (tertiary/aromatic N) is 4. The third-order valence-electron chi connectivity index (χ3n) is 10.9. The number of hydrogen-bond acceptors (Lipinski definition) is 8. The minimum atomic E-state index is -4.04. The van der Waals surface area contributed by atoms with E-state index in [9.17, 15) is 8.42 Å². The molecule has 3 heterocycles. The number of anilines is 2. The predicted molar refractivity (Wildman–Crippen MR) is 213 cm³/mol. The minimum absolute atomic E-state index is 0.0159. The van der Waals surface area contributed by atoms with E-state index in [4.69, 9.17) is 24.4 Å². The van der Waals surface area contributed by atoms with Crippen LogP contribution in [-0.2, 0) is 27.6 Å². The summed E-state index contributed by atoms with van der Waals surface area (Å²) in [6.07, 6.45) is 10.7. The normalized spacial score (nSPS) is 19.0. The van der Waals surface area contributed by atoms with Crippen LogP contribution >= 0.6 is 0 Å². The van der Waals surface area contributed by atoms with Crippen molar-refractivity contribution in [1.82, 2.24) is 15.0 Å². The lowest BCUT2D eigenvalue weighted by atomic mass is 9.74. The first-order chi connectivity index (χ1) is 25.3. The fourth-order valence-corrected chi connectivity index (χ4v) is 9.15. The van der Waals surface area contributed by atoms with Gasteiger partial charge in [-0.15, -0.1) is 0 Å². The number of aromatic nitrogens is 3. The van der Waals surface area contributed by atoms with E-state index in [1.165, 1.54) is 37.7 Å². The highest BCUT2D eigenvalue weighted by Crippen LogP contribution is 2.41. The number of pyridine rings is 1. The number of sulfonamides is 1. The molecule has 4 aromatic rings. The maximum absolute atomic E-state index is 14.1. The molecule has 1 unspecified atom stereocenters. The van der Waals surface area contributed by atoms with Gasteiger partial charge in [0.15, 0.2) is 0 Å². The van der Waals surface area contributed by atoms with Crippen molar-refractivity contribution in [2.75, 3.05) is 43.5 Å². The second-order valence-corrected chi connectivity index (χ2v) is 18.1. The first kappa shape index (κ1) is 38.7. The number of likely N-dealkylation sites (N-methyl/N-ethyl adjacent to an activating group) is 1. The molecule has 1 fully saturated rings. The van der Waals surface area contributed by atoms with Crippen molar-refractivity contribution in [1.29, 1.82) is 0 Å². The van der Waals surface area contributed by atoms with E-state index in [1.54, 1.807) is 19.2 Å². The summed E-state index contributed by atoms with van der Waals surface area (Å²) in [6.45, 7) is 12.6.